The number of hydrogen-bond donors (Lipinski definition) is 3. The van der Waals surface area contributed by atoms with Crippen LogP contribution in [0.3, 0.4) is 0 Å². The first kappa shape index (κ1) is 20.2. The van der Waals surface area contributed by atoms with E-state index in [0.717, 1.165) is 30.9 Å². The summed E-state index contributed by atoms with van der Waals surface area (Å²) in [5.41, 5.74) is 2.78. The molecule has 2 aromatic rings. The van der Waals surface area contributed by atoms with E-state index in [1.165, 1.54) is 6.07 Å². The zero-order valence-corrected chi connectivity index (χ0v) is 16.0. The van der Waals surface area contributed by atoms with Crippen LogP contribution in [0.15, 0.2) is 35.3 Å². The number of rotatable bonds is 9. The summed E-state index contributed by atoms with van der Waals surface area (Å²) in [7, 11) is 1.71. The number of hydrogen-bond acceptors (Lipinski definition) is 5. The highest BCUT2D eigenvalue weighted by Crippen LogP contribution is 2.22. The maximum atomic E-state index is 11.0. The largest absolute Gasteiger partial charge is 0.378 e. The molecule has 2 rings (SSSR count). The van der Waals surface area contributed by atoms with Crippen molar-refractivity contribution in [3.8, 4) is 0 Å². The standard InChI is InChI=1S/C18H27N7O2/c1-14-13-15(2)24(23-14)12-6-9-21-18(19-3)22-11-10-20-16-7-4-5-8-17(16)25(26)27/h4-5,7-8,13,20H,6,9-12H2,1-3H3,(H2,19,21,22). The van der Waals surface area contributed by atoms with E-state index in [1.807, 2.05) is 11.6 Å². The molecule has 0 unspecified atom stereocenters. The van der Waals surface area contributed by atoms with Crippen molar-refractivity contribution in [1.29, 1.82) is 0 Å². The summed E-state index contributed by atoms with van der Waals surface area (Å²) in [6, 6.07) is 8.67. The number of nitrogens with one attached hydrogen (secondary N) is 3. The third kappa shape index (κ3) is 6.28. The third-order valence-corrected chi connectivity index (χ3v) is 4.00. The normalized spacial score (nSPS) is 11.3. The van der Waals surface area contributed by atoms with Crippen LogP contribution in [0, 0.1) is 24.0 Å². The van der Waals surface area contributed by atoms with Gasteiger partial charge in [0.25, 0.3) is 5.69 Å². The van der Waals surface area contributed by atoms with Gasteiger partial charge in [0.05, 0.1) is 10.6 Å². The lowest BCUT2D eigenvalue weighted by Crippen LogP contribution is -2.40. The van der Waals surface area contributed by atoms with E-state index in [1.54, 1.807) is 25.2 Å². The van der Waals surface area contributed by atoms with Crippen molar-refractivity contribution in [2.75, 3.05) is 32.0 Å². The van der Waals surface area contributed by atoms with Gasteiger partial charge in [-0.15, -0.1) is 0 Å². The average molecular weight is 373 g/mol. The maximum absolute atomic E-state index is 11.0. The van der Waals surface area contributed by atoms with Gasteiger partial charge < -0.3 is 16.0 Å². The molecule has 1 heterocycles. The van der Waals surface area contributed by atoms with Crippen molar-refractivity contribution in [2.24, 2.45) is 4.99 Å². The predicted molar refractivity (Wildman–Crippen MR) is 107 cm³/mol. The van der Waals surface area contributed by atoms with E-state index in [9.17, 15) is 10.1 Å². The van der Waals surface area contributed by atoms with Gasteiger partial charge in [0.15, 0.2) is 5.96 Å². The van der Waals surface area contributed by atoms with Crippen LogP contribution >= 0.6 is 0 Å². The van der Waals surface area contributed by atoms with Crippen molar-refractivity contribution >= 4 is 17.3 Å². The van der Waals surface area contributed by atoms with Gasteiger partial charge in [-0.25, -0.2) is 0 Å². The smallest absolute Gasteiger partial charge is 0.292 e. The van der Waals surface area contributed by atoms with Gasteiger partial charge in [0, 0.05) is 45.0 Å². The Balaban J connectivity index is 1.67. The molecule has 0 amide bonds. The lowest BCUT2D eigenvalue weighted by atomic mass is 10.2. The fourth-order valence-corrected chi connectivity index (χ4v) is 2.72. The van der Waals surface area contributed by atoms with Crippen molar-refractivity contribution in [1.82, 2.24) is 20.4 Å². The van der Waals surface area contributed by atoms with Crippen molar-refractivity contribution in [2.45, 2.75) is 26.8 Å². The van der Waals surface area contributed by atoms with Crippen LogP contribution in [-0.2, 0) is 6.54 Å². The van der Waals surface area contributed by atoms with Gasteiger partial charge in [-0.05, 0) is 32.4 Å². The summed E-state index contributed by atoms with van der Waals surface area (Å²) in [6.45, 7) is 6.79. The molecule has 146 valence electrons. The number of aromatic nitrogens is 2. The van der Waals surface area contributed by atoms with E-state index >= 15 is 0 Å². The number of nitro benzene ring substituents is 1. The molecule has 0 aliphatic carbocycles. The molecule has 0 aliphatic rings. The molecule has 0 bridgehead atoms. The van der Waals surface area contributed by atoms with Crippen LogP contribution in [0.4, 0.5) is 11.4 Å². The fourth-order valence-electron chi connectivity index (χ4n) is 2.72. The SMILES string of the molecule is CN=C(NCCCn1nc(C)cc1C)NCCNc1ccccc1[N+](=O)[O-]. The second kappa shape index (κ2) is 10.1. The van der Waals surface area contributed by atoms with Gasteiger partial charge in [-0.3, -0.25) is 19.8 Å². The number of anilines is 1. The number of guanidine groups is 1. The maximum Gasteiger partial charge on any atom is 0.292 e. The van der Waals surface area contributed by atoms with Gasteiger partial charge in [0.2, 0.25) is 0 Å². The minimum atomic E-state index is -0.390. The van der Waals surface area contributed by atoms with E-state index in [-0.39, 0.29) is 10.6 Å². The molecular weight excluding hydrogens is 346 g/mol. The second-order valence-corrected chi connectivity index (χ2v) is 6.13. The predicted octanol–water partition coefficient (Wildman–Crippen LogP) is 2.08. The van der Waals surface area contributed by atoms with Gasteiger partial charge >= 0.3 is 0 Å². The van der Waals surface area contributed by atoms with Crippen molar-refractivity contribution < 1.29 is 4.92 Å². The lowest BCUT2D eigenvalue weighted by Gasteiger charge is -2.13. The quantitative estimate of drug-likeness (QED) is 0.204. The molecule has 0 aliphatic heterocycles. The monoisotopic (exact) mass is 373 g/mol. The average Bonchev–Trinajstić information content (AvgIpc) is 2.97. The minimum absolute atomic E-state index is 0.0733. The summed E-state index contributed by atoms with van der Waals surface area (Å²) >= 11 is 0. The third-order valence-electron chi connectivity index (χ3n) is 4.00. The molecule has 0 radical (unpaired) electrons. The van der Waals surface area contributed by atoms with Crippen LogP contribution in [0.2, 0.25) is 0 Å². The summed E-state index contributed by atoms with van der Waals surface area (Å²) in [4.78, 5) is 14.8. The molecule has 0 saturated heterocycles. The Hall–Kier alpha value is -3.10. The molecular formula is C18H27N7O2. The van der Waals surface area contributed by atoms with E-state index in [4.69, 9.17) is 0 Å². The Morgan fingerprint density at radius 3 is 2.63 bits per heavy atom. The van der Waals surface area contributed by atoms with Crippen molar-refractivity contribution in [3.05, 3.63) is 51.8 Å². The highest BCUT2D eigenvalue weighted by molar-refractivity contribution is 5.79. The number of nitro groups is 1. The zero-order chi connectivity index (χ0) is 19.6. The number of aliphatic imine (C=N–C) groups is 1. The highest BCUT2D eigenvalue weighted by atomic mass is 16.6. The molecule has 9 nitrogen and oxygen atoms in total. The van der Waals surface area contributed by atoms with Crippen LogP contribution in [-0.4, -0.2) is 47.3 Å². The Labute approximate surface area is 159 Å². The zero-order valence-electron chi connectivity index (χ0n) is 16.0. The van der Waals surface area contributed by atoms with Crippen LogP contribution in [0.25, 0.3) is 0 Å². The number of aryl methyl sites for hydroxylation is 3. The molecule has 3 N–H and O–H groups in total. The molecule has 0 spiro atoms. The summed E-state index contributed by atoms with van der Waals surface area (Å²) in [5.74, 6) is 0.702. The van der Waals surface area contributed by atoms with E-state index in [0.29, 0.717) is 24.7 Å². The Morgan fingerprint density at radius 2 is 1.96 bits per heavy atom. The molecule has 1 aromatic heterocycles. The second-order valence-electron chi connectivity index (χ2n) is 6.13. The molecule has 27 heavy (non-hydrogen) atoms. The number of nitrogens with zero attached hydrogens (tertiary/aromatic N) is 4. The summed E-state index contributed by atoms with van der Waals surface area (Å²) in [6.07, 6.45) is 0.928. The fraction of sp³-hybridized carbons (Fsp3) is 0.444. The minimum Gasteiger partial charge on any atom is -0.378 e. The Kier molecular flexibility index (Phi) is 7.60. The Morgan fingerprint density at radius 1 is 1.22 bits per heavy atom. The van der Waals surface area contributed by atoms with Crippen LogP contribution in [0.1, 0.15) is 17.8 Å². The number of para-hydroxylation sites is 2. The van der Waals surface area contributed by atoms with Gasteiger partial charge in [-0.2, -0.15) is 5.10 Å². The first-order chi connectivity index (χ1) is 13.0. The van der Waals surface area contributed by atoms with E-state index < -0.39 is 0 Å². The van der Waals surface area contributed by atoms with Crippen LogP contribution < -0.4 is 16.0 Å². The van der Waals surface area contributed by atoms with Crippen LogP contribution in [0.5, 0.6) is 0 Å². The molecule has 0 fully saturated rings. The first-order valence-corrected chi connectivity index (χ1v) is 8.94. The van der Waals surface area contributed by atoms with Gasteiger partial charge in [0.1, 0.15) is 5.69 Å². The summed E-state index contributed by atoms with van der Waals surface area (Å²) in [5, 5.41) is 25.0. The topological polar surface area (TPSA) is 109 Å². The molecule has 0 atom stereocenters. The Bertz CT molecular complexity index is 786. The highest BCUT2D eigenvalue weighted by Gasteiger charge is 2.11. The number of benzene rings is 1. The summed E-state index contributed by atoms with van der Waals surface area (Å²) < 4.78 is 2.00. The lowest BCUT2D eigenvalue weighted by molar-refractivity contribution is -0.384. The molecule has 0 saturated carbocycles. The first-order valence-electron chi connectivity index (χ1n) is 8.94. The van der Waals surface area contributed by atoms with Gasteiger partial charge in [-0.1, -0.05) is 12.1 Å². The van der Waals surface area contributed by atoms with E-state index in [2.05, 4.69) is 39.0 Å². The molecule has 9 heteroatoms. The van der Waals surface area contributed by atoms with Crippen molar-refractivity contribution in [3.63, 3.8) is 0 Å². The molecule has 1 aromatic carbocycles.